The van der Waals surface area contributed by atoms with Gasteiger partial charge in [0.25, 0.3) is 0 Å². The molecule has 0 unspecified atom stereocenters. The van der Waals surface area contributed by atoms with Gasteiger partial charge in [0.15, 0.2) is 0 Å². The molecule has 4 nitrogen and oxygen atoms in total. The standard InChI is InChI=1S/C12H25N3O/c1-10(13)11(16)14-9-12(15(2)3)7-5-4-6-8-12/h10H,4-9,13H2,1-3H3,(H,14,16)/t10-/m0/s1. The molecule has 3 N–H and O–H groups in total. The molecule has 0 aromatic carbocycles. The van der Waals surface area contributed by atoms with E-state index in [4.69, 9.17) is 5.73 Å². The zero-order valence-electron chi connectivity index (χ0n) is 10.8. The van der Waals surface area contributed by atoms with Crippen molar-refractivity contribution in [3.05, 3.63) is 0 Å². The first-order valence-corrected chi connectivity index (χ1v) is 6.19. The fourth-order valence-corrected chi connectivity index (χ4v) is 2.40. The molecular formula is C12H25N3O. The SMILES string of the molecule is C[C@H](N)C(=O)NCC1(N(C)C)CCCCC1. The highest BCUT2D eigenvalue weighted by atomic mass is 16.2. The molecule has 4 heteroatoms. The molecule has 1 saturated carbocycles. The average molecular weight is 227 g/mol. The van der Waals surface area contributed by atoms with Crippen molar-refractivity contribution in [3.8, 4) is 0 Å². The number of nitrogens with two attached hydrogens (primary N) is 1. The summed E-state index contributed by atoms with van der Waals surface area (Å²) >= 11 is 0. The van der Waals surface area contributed by atoms with Crippen LogP contribution >= 0.6 is 0 Å². The smallest absolute Gasteiger partial charge is 0.236 e. The van der Waals surface area contributed by atoms with Crippen LogP contribution in [0.3, 0.4) is 0 Å². The van der Waals surface area contributed by atoms with Crippen LogP contribution in [0.1, 0.15) is 39.0 Å². The van der Waals surface area contributed by atoms with Gasteiger partial charge in [0.1, 0.15) is 0 Å². The highest BCUT2D eigenvalue weighted by molar-refractivity contribution is 5.81. The third kappa shape index (κ3) is 3.19. The van der Waals surface area contributed by atoms with Gasteiger partial charge >= 0.3 is 0 Å². The molecule has 16 heavy (non-hydrogen) atoms. The van der Waals surface area contributed by atoms with Crippen molar-refractivity contribution >= 4 is 5.91 Å². The molecule has 0 heterocycles. The van der Waals surface area contributed by atoms with Crippen LogP contribution in [0.5, 0.6) is 0 Å². The van der Waals surface area contributed by atoms with Crippen LogP contribution in [-0.4, -0.2) is 43.0 Å². The Labute approximate surface area is 98.6 Å². The van der Waals surface area contributed by atoms with E-state index in [-0.39, 0.29) is 11.4 Å². The first-order valence-electron chi connectivity index (χ1n) is 6.19. The molecular weight excluding hydrogens is 202 g/mol. The van der Waals surface area contributed by atoms with Gasteiger partial charge in [-0.15, -0.1) is 0 Å². The van der Waals surface area contributed by atoms with E-state index in [0.29, 0.717) is 0 Å². The van der Waals surface area contributed by atoms with Crippen molar-refractivity contribution in [1.29, 1.82) is 0 Å². The second-order valence-electron chi connectivity index (χ2n) is 5.19. The number of hydrogen-bond donors (Lipinski definition) is 2. The molecule has 0 saturated heterocycles. The minimum Gasteiger partial charge on any atom is -0.353 e. The van der Waals surface area contributed by atoms with Crippen LogP contribution in [0.2, 0.25) is 0 Å². The third-order valence-electron chi connectivity index (χ3n) is 3.74. The van der Waals surface area contributed by atoms with Crippen LogP contribution in [0.4, 0.5) is 0 Å². The van der Waals surface area contributed by atoms with E-state index in [1.54, 1.807) is 6.92 Å². The number of amides is 1. The topological polar surface area (TPSA) is 58.4 Å². The van der Waals surface area contributed by atoms with E-state index < -0.39 is 6.04 Å². The van der Waals surface area contributed by atoms with Crippen molar-refractivity contribution in [2.24, 2.45) is 5.73 Å². The predicted molar refractivity (Wildman–Crippen MR) is 66.2 cm³/mol. The van der Waals surface area contributed by atoms with Crippen molar-refractivity contribution in [2.75, 3.05) is 20.6 Å². The highest BCUT2D eigenvalue weighted by Crippen LogP contribution is 2.31. The summed E-state index contributed by atoms with van der Waals surface area (Å²) in [4.78, 5) is 13.8. The van der Waals surface area contributed by atoms with Crippen LogP contribution in [-0.2, 0) is 4.79 Å². The van der Waals surface area contributed by atoms with Gasteiger partial charge in [-0.25, -0.2) is 0 Å². The largest absolute Gasteiger partial charge is 0.353 e. The number of rotatable bonds is 4. The zero-order valence-corrected chi connectivity index (χ0v) is 10.8. The molecule has 1 aliphatic carbocycles. The second-order valence-corrected chi connectivity index (χ2v) is 5.19. The molecule has 1 rings (SSSR count). The quantitative estimate of drug-likeness (QED) is 0.744. The number of hydrogen-bond acceptors (Lipinski definition) is 3. The number of nitrogens with zero attached hydrogens (tertiary/aromatic N) is 1. The molecule has 0 aromatic heterocycles. The lowest BCUT2D eigenvalue weighted by molar-refractivity contribution is -0.122. The van der Waals surface area contributed by atoms with E-state index in [9.17, 15) is 4.79 Å². The summed E-state index contributed by atoms with van der Waals surface area (Å²) in [6.45, 7) is 2.44. The fourth-order valence-electron chi connectivity index (χ4n) is 2.40. The summed E-state index contributed by atoms with van der Waals surface area (Å²) in [7, 11) is 4.20. The van der Waals surface area contributed by atoms with Crippen molar-refractivity contribution in [3.63, 3.8) is 0 Å². The van der Waals surface area contributed by atoms with E-state index in [1.807, 2.05) is 0 Å². The minimum atomic E-state index is -0.414. The molecule has 1 aliphatic rings. The van der Waals surface area contributed by atoms with Gasteiger partial charge in [-0.2, -0.15) is 0 Å². The Morgan fingerprint density at radius 3 is 2.38 bits per heavy atom. The Morgan fingerprint density at radius 1 is 1.38 bits per heavy atom. The van der Waals surface area contributed by atoms with Gasteiger partial charge in [-0.3, -0.25) is 4.79 Å². The van der Waals surface area contributed by atoms with Gasteiger partial charge in [0.2, 0.25) is 5.91 Å². The van der Waals surface area contributed by atoms with Gasteiger partial charge < -0.3 is 16.0 Å². The Hall–Kier alpha value is -0.610. The van der Waals surface area contributed by atoms with Gasteiger partial charge in [0, 0.05) is 12.1 Å². The van der Waals surface area contributed by atoms with E-state index >= 15 is 0 Å². The summed E-state index contributed by atoms with van der Waals surface area (Å²) < 4.78 is 0. The van der Waals surface area contributed by atoms with E-state index in [1.165, 1.54) is 32.1 Å². The maximum Gasteiger partial charge on any atom is 0.236 e. The molecule has 1 amide bonds. The van der Waals surface area contributed by atoms with Crippen molar-refractivity contribution < 1.29 is 4.79 Å². The van der Waals surface area contributed by atoms with Crippen LogP contribution in [0, 0.1) is 0 Å². The van der Waals surface area contributed by atoms with Gasteiger partial charge in [0.05, 0.1) is 6.04 Å². The van der Waals surface area contributed by atoms with E-state index in [2.05, 4.69) is 24.3 Å². The zero-order chi connectivity index (χ0) is 12.2. The lowest BCUT2D eigenvalue weighted by Crippen LogP contribution is -2.55. The predicted octanol–water partition coefficient (Wildman–Crippen LogP) is 0.714. The number of likely N-dealkylation sites (N-methyl/N-ethyl adjacent to an activating group) is 1. The van der Waals surface area contributed by atoms with Gasteiger partial charge in [-0.05, 0) is 33.9 Å². The van der Waals surface area contributed by atoms with E-state index in [0.717, 1.165) is 6.54 Å². The van der Waals surface area contributed by atoms with Crippen LogP contribution in [0.25, 0.3) is 0 Å². The maximum atomic E-state index is 11.5. The lowest BCUT2D eigenvalue weighted by Gasteiger charge is -2.43. The Bertz CT molecular complexity index is 232. The molecule has 0 radical (unpaired) electrons. The maximum absolute atomic E-state index is 11.5. The first kappa shape index (κ1) is 13.5. The Kier molecular flexibility index (Phi) is 4.74. The molecule has 1 fully saturated rings. The Balaban J connectivity index is 2.54. The minimum absolute atomic E-state index is 0.0493. The Morgan fingerprint density at radius 2 is 1.94 bits per heavy atom. The molecule has 0 spiro atoms. The summed E-state index contributed by atoms with van der Waals surface area (Å²) in [5.74, 6) is -0.0493. The molecule has 0 bridgehead atoms. The summed E-state index contributed by atoms with van der Waals surface area (Å²) in [6.07, 6.45) is 6.16. The van der Waals surface area contributed by atoms with Gasteiger partial charge in [-0.1, -0.05) is 19.3 Å². The number of carbonyl (C=O) groups excluding carboxylic acids is 1. The number of carbonyl (C=O) groups is 1. The van der Waals surface area contributed by atoms with Crippen molar-refractivity contribution in [1.82, 2.24) is 10.2 Å². The monoisotopic (exact) mass is 227 g/mol. The average Bonchev–Trinajstić information content (AvgIpc) is 2.26. The second kappa shape index (κ2) is 5.64. The van der Waals surface area contributed by atoms with Crippen molar-refractivity contribution in [2.45, 2.75) is 50.6 Å². The van der Waals surface area contributed by atoms with Crippen LogP contribution in [0.15, 0.2) is 0 Å². The molecule has 1 atom stereocenters. The summed E-state index contributed by atoms with van der Waals surface area (Å²) in [5, 5.41) is 2.97. The normalized spacial score (nSPS) is 21.8. The summed E-state index contributed by atoms with van der Waals surface area (Å²) in [5.41, 5.74) is 5.69. The molecule has 0 aliphatic heterocycles. The number of nitrogens with one attached hydrogen (secondary N) is 1. The lowest BCUT2D eigenvalue weighted by atomic mass is 9.80. The fraction of sp³-hybridized carbons (Fsp3) is 0.917. The third-order valence-corrected chi connectivity index (χ3v) is 3.74. The molecule has 0 aromatic rings. The highest BCUT2D eigenvalue weighted by Gasteiger charge is 2.34. The first-order chi connectivity index (χ1) is 7.48. The summed E-state index contributed by atoms with van der Waals surface area (Å²) in [6, 6.07) is -0.414. The molecule has 94 valence electrons. The van der Waals surface area contributed by atoms with Crippen LogP contribution < -0.4 is 11.1 Å².